The van der Waals surface area contributed by atoms with Gasteiger partial charge in [-0.15, -0.1) is 0 Å². The Labute approximate surface area is 44.7 Å². The molecule has 0 saturated carbocycles. The summed E-state index contributed by atoms with van der Waals surface area (Å²) in [4.78, 5) is 0. The molecule has 2 N–H and O–H groups in total. The first-order chi connectivity index (χ1) is 2.89. The molecule has 0 fully saturated rings. The molecule has 0 bridgehead atoms. The zero-order valence-corrected chi connectivity index (χ0v) is 6.48. The summed E-state index contributed by atoms with van der Waals surface area (Å²) >= 11 is -0.431. The van der Waals surface area contributed by atoms with Crippen molar-refractivity contribution in [2.45, 2.75) is 0 Å². The Hall–Kier alpha value is -0.0836. The fourth-order valence-corrected chi connectivity index (χ4v) is 2.18. The summed E-state index contributed by atoms with van der Waals surface area (Å²) in [5, 5.41) is 0. The van der Waals surface area contributed by atoms with E-state index < -0.39 is 17.4 Å². The number of rotatable bonds is 0. The van der Waals surface area contributed by atoms with Gasteiger partial charge in [0.15, 0.2) is 0 Å². The van der Waals surface area contributed by atoms with E-state index in [-0.39, 0.29) is 0 Å². The molecule has 0 aromatic carbocycles. The van der Waals surface area contributed by atoms with Crippen molar-refractivity contribution in [2.24, 2.45) is 5.73 Å². The Morgan fingerprint density at radius 2 is 2.50 bits per heavy atom. The second kappa shape index (κ2) is 1.58. The van der Waals surface area contributed by atoms with Crippen molar-refractivity contribution in [3.05, 3.63) is 21.0 Å². The molecule has 6 heavy (non-hydrogen) atoms. The van der Waals surface area contributed by atoms with Crippen LogP contribution in [0.15, 0.2) is 21.0 Å². The van der Waals surface area contributed by atoms with Gasteiger partial charge in [-0.05, 0) is 0 Å². The molecule has 0 aromatic rings. The van der Waals surface area contributed by atoms with Gasteiger partial charge in [-0.2, -0.15) is 0 Å². The molecule has 0 amide bonds. The molecule has 1 aliphatic heterocycles. The second-order valence-corrected chi connectivity index (χ2v) is 4.93. The third-order valence-corrected chi connectivity index (χ3v) is 3.35. The van der Waals surface area contributed by atoms with Crippen LogP contribution in [-0.4, -0.2) is 17.4 Å². The van der Waals surface area contributed by atoms with E-state index in [0.29, 0.717) is 0 Å². The monoisotopic (exact) mass is 137 g/mol. The van der Waals surface area contributed by atoms with E-state index in [4.69, 9.17) is 5.73 Å². The second-order valence-electron chi connectivity index (χ2n) is 1.37. The fourth-order valence-electron chi connectivity index (χ4n) is 0.464. The van der Waals surface area contributed by atoms with Crippen LogP contribution in [0.4, 0.5) is 0 Å². The van der Waals surface area contributed by atoms with Gasteiger partial charge in [0.2, 0.25) is 0 Å². The molecule has 0 radical (unpaired) electrons. The van der Waals surface area contributed by atoms with E-state index in [1.165, 1.54) is 0 Å². The van der Waals surface area contributed by atoms with Crippen molar-refractivity contribution in [2.75, 3.05) is 0 Å². The number of nitrogens with two attached hydrogens (primary N) is 1. The maximum atomic E-state index is 5.42. The maximum absolute atomic E-state index is 5.42. The summed E-state index contributed by atoms with van der Waals surface area (Å²) in [6.45, 7) is 0. The van der Waals surface area contributed by atoms with E-state index in [9.17, 15) is 0 Å². The summed E-state index contributed by atoms with van der Waals surface area (Å²) in [5.41, 5.74) is 5.42. The first kappa shape index (κ1) is 4.09. The molecule has 30 valence electrons. The summed E-state index contributed by atoms with van der Waals surface area (Å²) in [6.07, 6.45) is 4.05. The Bertz CT molecular complexity index is 104. The van der Waals surface area contributed by atoms with Crippen LogP contribution < -0.4 is 5.73 Å². The SMILES string of the molecule is N[C]1=CC=[CH][GaH]1. The zero-order chi connectivity index (χ0) is 4.41. The van der Waals surface area contributed by atoms with Gasteiger partial charge in [0.1, 0.15) is 0 Å². The van der Waals surface area contributed by atoms with E-state index >= 15 is 0 Å². The molecule has 1 heterocycles. The minimum atomic E-state index is -0.431. The summed E-state index contributed by atoms with van der Waals surface area (Å²) in [5.74, 6) is 0. The third kappa shape index (κ3) is 0.696. The van der Waals surface area contributed by atoms with E-state index in [1.807, 2.05) is 6.08 Å². The molecule has 0 aliphatic carbocycles. The van der Waals surface area contributed by atoms with Gasteiger partial charge in [-0.1, -0.05) is 0 Å². The van der Waals surface area contributed by atoms with Crippen molar-refractivity contribution in [3.63, 3.8) is 0 Å². The molecule has 0 saturated heterocycles. The van der Waals surface area contributed by atoms with E-state index in [0.717, 1.165) is 4.25 Å². The molecule has 0 aromatic heterocycles. The summed E-state index contributed by atoms with van der Waals surface area (Å²) in [6, 6.07) is 0. The molecule has 0 unspecified atom stereocenters. The van der Waals surface area contributed by atoms with Crippen LogP contribution in [0.1, 0.15) is 0 Å². The van der Waals surface area contributed by atoms with Crippen LogP contribution in [0.3, 0.4) is 0 Å². The third-order valence-electron chi connectivity index (χ3n) is 0.800. The normalized spacial score (nSPS) is 17.0. The minimum absolute atomic E-state index is 0.431. The fraction of sp³-hybridized carbons (Fsp3) is 0. The van der Waals surface area contributed by atoms with E-state index in [2.05, 4.69) is 10.7 Å². The van der Waals surface area contributed by atoms with Gasteiger partial charge in [0, 0.05) is 0 Å². The van der Waals surface area contributed by atoms with Crippen molar-refractivity contribution in [3.8, 4) is 0 Å². The summed E-state index contributed by atoms with van der Waals surface area (Å²) < 4.78 is 3.38. The molecule has 0 atom stereocenters. The zero-order valence-electron chi connectivity index (χ0n) is 3.52. The van der Waals surface area contributed by atoms with Gasteiger partial charge < -0.3 is 0 Å². The number of allylic oxidation sites excluding steroid dienone is 2. The molecular weight excluding hydrogens is 132 g/mol. The van der Waals surface area contributed by atoms with Crippen LogP contribution in [0, 0.1) is 0 Å². The predicted octanol–water partition coefficient (Wildman–Crippen LogP) is -0.250. The average molecular weight is 138 g/mol. The molecule has 1 rings (SSSR count). The topological polar surface area (TPSA) is 26.0 Å². The van der Waals surface area contributed by atoms with Crippen molar-refractivity contribution < 1.29 is 0 Å². The average Bonchev–Trinajstić information content (AvgIpc) is 1.86. The molecule has 1 nitrogen and oxygen atoms in total. The van der Waals surface area contributed by atoms with Crippen LogP contribution in [0.5, 0.6) is 0 Å². The van der Waals surface area contributed by atoms with Gasteiger partial charge in [-0.25, -0.2) is 0 Å². The molecule has 0 spiro atoms. The van der Waals surface area contributed by atoms with Crippen molar-refractivity contribution >= 4 is 17.4 Å². The van der Waals surface area contributed by atoms with Gasteiger partial charge in [0.25, 0.3) is 0 Å². The first-order valence-electron chi connectivity index (χ1n) is 2.01. The van der Waals surface area contributed by atoms with Crippen LogP contribution in [-0.2, 0) is 0 Å². The molecule has 1 aliphatic rings. The Morgan fingerprint density at radius 1 is 1.67 bits per heavy atom. The van der Waals surface area contributed by atoms with E-state index in [1.54, 1.807) is 0 Å². The van der Waals surface area contributed by atoms with Crippen molar-refractivity contribution in [1.29, 1.82) is 0 Å². The Kier molecular flexibility index (Phi) is 1.07. The standard InChI is InChI=1S/C4H5N.Ga.H/c1-2-3-4-5;;/h1-3H,5H2;;. The van der Waals surface area contributed by atoms with Gasteiger partial charge >= 0.3 is 44.2 Å². The number of hydrogen-bond donors (Lipinski definition) is 1. The predicted molar refractivity (Wildman–Crippen MR) is 28.6 cm³/mol. The van der Waals surface area contributed by atoms with Gasteiger partial charge in [0.05, 0.1) is 0 Å². The van der Waals surface area contributed by atoms with Crippen molar-refractivity contribution in [1.82, 2.24) is 0 Å². The molecule has 2 heteroatoms. The van der Waals surface area contributed by atoms with Crippen LogP contribution in [0.25, 0.3) is 0 Å². The van der Waals surface area contributed by atoms with Crippen LogP contribution in [0.2, 0.25) is 0 Å². The Balaban J connectivity index is 2.61. The quantitative estimate of drug-likeness (QED) is 0.458. The van der Waals surface area contributed by atoms with Crippen LogP contribution >= 0.6 is 0 Å². The Morgan fingerprint density at radius 3 is 2.67 bits per heavy atom. The molecular formula is C4H6GaN. The van der Waals surface area contributed by atoms with Gasteiger partial charge in [-0.3, -0.25) is 0 Å². The number of hydrogen-bond acceptors (Lipinski definition) is 1. The first-order valence-corrected chi connectivity index (χ1v) is 5.20. The summed E-state index contributed by atoms with van der Waals surface area (Å²) in [7, 11) is 0.